The van der Waals surface area contributed by atoms with Crippen molar-refractivity contribution in [3.63, 3.8) is 0 Å². The maximum Gasteiger partial charge on any atom is 0.234 e. The summed E-state index contributed by atoms with van der Waals surface area (Å²) in [7, 11) is 0. The first-order valence-electron chi connectivity index (χ1n) is 6.78. The number of Topliss-reactive ketones (excluding diaryl/α,β-unsaturated/α-hetero) is 1. The van der Waals surface area contributed by atoms with Crippen molar-refractivity contribution in [3.8, 4) is 0 Å². The molecule has 0 radical (unpaired) electrons. The number of rotatable bonds is 6. The van der Waals surface area contributed by atoms with Crippen molar-refractivity contribution >= 4 is 29.1 Å². The quantitative estimate of drug-likeness (QED) is 0.822. The van der Waals surface area contributed by atoms with Crippen LogP contribution in [-0.4, -0.2) is 17.4 Å². The average Bonchev–Trinajstić information content (AvgIpc) is 2.47. The van der Waals surface area contributed by atoms with Gasteiger partial charge in [-0.2, -0.15) is 0 Å². The van der Waals surface area contributed by atoms with E-state index in [2.05, 4.69) is 5.32 Å². The van der Waals surface area contributed by atoms with Gasteiger partial charge in [0.05, 0.1) is 11.4 Å². The number of benzene rings is 2. The van der Waals surface area contributed by atoms with Crippen molar-refractivity contribution < 1.29 is 14.0 Å². The van der Waals surface area contributed by atoms with Gasteiger partial charge in [-0.15, -0.1) is 11.8 Å². The second-order valence-corrected chi connectivity index (χ2v) is 5.76. The highest BCUT2D eigenvalue weighted by Crippen LogP contribution is 2.17. The van der Waals surface area contributed by atoms with E-state index in [-0.39, 0.29) is 23.3 Å². The van der Waals surface area contributed by atoms with Gasteiger partial charge in [-0.3, -0.25) is 9.59 Å². The molecule has 0 atom stereocenters. The van der Waals surface area contributed by atoms with Crippen molar-refractivity contribution in [2.75, 3.05) is 11.1 Å². The molecular weight excluding hydrogens is 301 g/mol. The number of carbonyl (C=O) groups is 2. The molecule has 2 aromatic carbocycles. The predicted octanol–water partition coefficient (Wildman–Crippen LogP) is 3.90. The number of ketones is 1. The third-order valence-electron chi connectivity index (χ3n) is 2.97. The summed E-state index contributed by atoms with van der Waals surface area (Å²) in [6, 6.07) is 13.2. The molecule has 0 aromatic heterocycles. The lowest BCUT2D eigenvalue weighted by Gasteiger charge is -2.09. The number of halogens is 1. The number of hydrogen-bond donors (Lipinski definition) is 1. The Kier molecular flexibility index (Phi) is 5.72. The molecule has 5 heteroatoms. The summed E-state index contributed by atoms with van der Waals surface area (Å²) in [5.41, 5.74) is 1.85. The fourth-order valence-electron chi connectivity index (χ4n) is 1.97. The van der Waals surface area contributed by atoms with Crippen LogP contribution in [-0.2, 0) is 10.5 Å². The Balaban J connectivity index is 1.87. The third kappa shape index (κ3) is 4.70. The Morgan fingerprint density at radius 2 is 1.91 bits per heavy atom. The second-order valence-electron chi connectivity index (χ2n) is 4.77. The Labute approximate surface area is 132 Å². The van der Waals surface area contributed by atoms with Crippen LogP contribution in [0.15, 0.2) is 48.5 Å². The van der Waals surface area contributed by atoms with E-state index in [0.29, 0.717) is 17.0 Å². The maximum atomic E-state index is 13.0. The van der Waals surface area contributed by atoms with Crippen LogP contribution in [0.2, 0.25) is 0 Å². The van der Waals surface area contributed by atoms with E-state index in [1.54, 1.807) is 30.3 Å². The van der Waals surface area contributed by atoms with Gasteiger partial charge in [0.1, 0.15) is 5.82 Å². The fourth-order valence-corrected chi connectivity index (χ4v) is 2.75. The minimum absolute atomic E-state index is 0.0942. The summed E-state index contributed by atoms with van der Waals surface area (Å²) in [6.07, 6.45) is 0. The van der Waals surface area contributed by atoms with Crippen LogP contribution in [0.5, 0.6) is 0 Å². The molecule has 0 spiro atoms. The largest absolute Gasteiger partial charge is 0.325 e. The van der Waals surface area contributed by atoms with Gasteiger partial charge in [-0.1, -0.05) is 24.3 Å². The Morgan fingerprint density at radius 1 is 1.14 bits per heavy atom. The third-order valence-corrected chi connectivity index (χ3v) is 3.98. The second kappa shape index (κ2) is 7.75. The Morgan fingerprint density at radius 3 is 2.64 bits per heavy atom. The van der Waals surface area contributed by atoms with E-state index in [0.717, 1.165) is 5.56 Å². The first-order chi connectivity index (χ1) is 10.6. The summed E-state index contributed by atoms with van der Waals surface area (Å²) in [6.45, 7) is 1.46. The summed E-state index contributed by atoms with van der Waals surface area (Å²) in [5, 5.41) is 2.73. The first kappa shape index (κ1) is 16.2. The van der Waals surface area contributed by atoms with Crippen molar-refractivity contribution in [3.05, 3.63) is 65.5 Å². The zero-order valence-electron chi connectivity index (χ0n) is 12.1. The molecule has 3 nitrogen and oxygen atoms in total. The smallest absolute Gasteiger partial charge is 0.234 e. The molecule has 0 aliphatic rings. The molecule has 1 amide bonds. The predicted molar refractivity (Wildman–Crippen MR) is 87.6 cm³/mol. The molecule has 0 saturated heterocycles. The highest BCUT2D eigenvalue weighted by Gasteiger charge is 2.09. The topological polar surface area (TPSA) is 46.2 Å². The maximum absolute atomic E-state index is 13.0. The van der Waals surface area contributed by atoms with Crippen LogP contribution >= 0.6 is 11.8 Å². The fraction of sp³-hybridized carbons (Fsp3) is 0.176. The number of anilines is 1. The van der Waals surface area contributed by atoms with Gasteiger partial charge in [0.2, 0.25) is 5.91 Å². The van der Waals surface area contributed by atoms with E-state index in [1.807, 2.05) is 6.07 Å². The van der Waals surface area contributed by atoms with Crippen molar-refractivity contribution in [2.24, 2.45) is 0 Å². The van der Waals surface area contributed by atoms with Crippen molar-refractivity contribution in [1.29, 1.82) is 0 Å². The van der Waals surface area contributed by atoms with Crippen LogP contribution in [0.25, 0.3) is 0 Å². The number of para-hydroxylation sites is 1. The normalized spacial score (nSPS) is 10.3. The summed E-state index contributed by atoms with van der Waals surface area (Å²) < 4.78 is 13.0. The number of hydrogen-bond acceptors (Lipinski definition) is 3. The Bertz CT molecular complexity index is 688. The Hall–Kier alpha value is -2.14. The zero-order valence-corrected chi connectivity index (χ0v) is 13.0. The van der Waals surface area contributed by atoms with Crippen LogP contribution < -0.4 is 5.32 Å². The lowest BCUT2D eigenvalue weighted by Crippen LogP contribution is -2.16. The minimum Gasteiger partial charge on any atom is -0.325 e. The summed E-state index contributed by atoms with van der Waals surface area (Å²) >= 11 is 1.39. The molecule has 0 aliphatic heterocycles. The molecule has 114 valence electrons. The van der Waals surface area contributed by atoms with Gasteiger partial charge >= 0.3 is 0 Å². The molecule has 0 fully saturated rings. The molecule has 1 N–H and O–H groups in total. The van der Waals surface area contributed by atoms with Crippen LogP contribution in [0, 0.1) is 5.82 Å². The van der Waals surface area contributed by atoms with Gasteiger partial charge in [0.25, 0.3) is 0 Å². The van der Waals surface area contributed by atoms with Gasteiger partial charge in [0, 0.05) is 11.3 Å². The number of amides is 1. The zero-order chi connectivity index (χ0) is 15.9. The van der Waals surface area contributed by atoms with E-state index in [4.69, 9.17) is 0 Å². The van der Waals surface area contributed by atoms with E-state index < -0.39 is 0 Å². The molecular formula is C17H16FNO2S. The van der Waals surface area contributed by atoms with Gasteiger partial charge < -0.3 is 5.32 Å². The monoisotopic (exact) mass is 317 g/mol. The highest BCUT2D eigenvalue weighted by atomic mass is 32.2. The highest BCUT2D eigenvalue weighted by molar-refractivity contribution is 7.99. The SMILES string of the molecule is CC(=O)c1ccccc1NC(=O)CSCc1cccc(F)c1. The van der Waals surface area contributed by atoms with Crippen molar-refractivity contribution in [2.45, 2.75) is 12.7 Å². The van der Waals surface area contributed by atoms with Crippen LogP contribution in [0.3, 0.4) is 0 Å². The van der Waals surface area contributed by atoms with E-state index in [1.165, 1.54) is 30.8 Å². The molecule has 0 saturated carbocycles. The molecule has 0 heterocycles. The molecule has 2 aromatic rings. The van der Waals surface area contributed by atoms with Crippen LogP contribution in [0.4, 0.5) is 10.1 Å². The number of carbonyl (C=O) groups excluding carboxylic acids is 2. The molecule has 0 unspecified atom stereocenters. The minimum atomic E-state index is -0.280. The van der Waals surface area contributed by atoms with Gasteiger partial charge in [-0.25, -0.2) is 4.39 Å². The standard InChI is InChI=1S/C17H16FNO2S/c1-12(20)15-7-2-3-8-16(15)19-17(21)11-22-10-13-5-4-6-14(18)9-13/h2-9H,10-11H2,1H3,(H,19,21). The average molecular weight is 317 g/mol. The number of nitrogens with one attached hydrogen (secondary N) is 1. The molecule has 22 heavy (non-hydrogen) atoms. The van der Waals surface area contributed by atoms with E-state index >= 15 is 0 Å². The van der Waals surface area contributed by atoms with E-state index in [9.17, 15) is 14.0 Å². The molecule has 2 rings (SSSR count). The van der Waals surface area contributed by atoms with Crippen molar-refractivity contribution in [1.82, 2.24) is 0 Å². The molecule has 0 bridgehead atoms. The van der Waals surface area contributed by atoms with Gasteiger partial charge in [0.15, 0.2) is 5.78 Å². The summed E-state index contributed by atoms with van der Waals surface area (Å²) in [5.74, 6) is 0.235. The first-order valence-corrected chi connectivity index (χ1v) is 7.94. The lowest BCUT2D eigenvalue weighted by atomic mass is 10.1. The number of thioether (sulfide) groups is 1. The van der Waals surface area contributed by atoms with Crippen LogP contribution in [0.1, 0.15) is 22.8 Å². The van der Waals surface area contributed by atoms with Gasteiger partial charge in [-0.05, 0) is 36.8 Å². The summed E-state index contributed by atoms with van der Waals surface area (Å²) in [4.78, 5) is 23.4. The lowest BCUT2D eigenvalue weighted by molar-refractivity contribution is -0.113. The molecule has 0 aliphatic carbocycles.